The maximum absolute atomic E-state index is 12.3. The maximum Gasteiger partial charge on any atom is 0.411 e. The molecule has 122 valence electrons. The SMILES string of the molecule is CCC1NC(C2CCCC2)N(CCOCC(F)(F)F)C1=O. The molecular formula is C14H23F3N2O2. The quantitative estimate of drug-likeness (QED) is 0.766. The highest BCUT2D eigenvalue weighted by molar-refractivity contribution is 5.84. The fraction of sp³-hybridized carbons (Fsp3) is 0.929. The van der Waals surface area contributed by atoms with E-state index in [2.05, 4.69) is 10.1 Å². The molecule has 1 heterocycles. The highest BCUT2D eigenvalue weighted by atomic mass is 19.4. The molecule has 2 unspecified atom stereocenters. The summed E-state index contributed by atoms with van der Waals surface area (Å²) in [6.07, 6.45) is 0.798. The Morgan fingerprint density at radius 2 is 2.00 bits per heavy atom. The normalized spacial score (nSPS) is 27.8. The lowest BCUT2D eigenvalue weighted by Crippen LogP contribution is -2.44. The van der Waals surface area contributed by atoms with Crippen molar-refractivity contribution in [3.05, 3.63) is 0 Å². The number of amides is 1. The highest BCUT2D eigenvalue weighted by Crippen LogP contribution is 2.32. The van der Waals surface area contributed by atoms with Crippen LogP contribution in [0.4, 0.5) is 13.2 Å². The number of rotatable bonds is 6. The molecule has 0 aromatic carbocycles. The van der Waals surface area contributed by atoms with Crippen LogP contribution in [0.2, 0.25) is 0 Å². The minimum atomic E-state index is -4.32. The predicted molar refractivity (Wildman–Crippen MR) is 71.5 cm³/mol. The number of halogens is 3. The zero-order valence-corrected chi connectivity index (χ0v) is 12.3. The molecule has 2 atom stereocenters. The van der Waals surface area contributed by atoms with Crippen molar-refractivity contribution in [1.29, 1.82) is 0 Å². The van der Waals surface area contributed by atoms with Gasteiger partial charge in [-0.25, -0.2) is 0 Å². The van der Waals surface area contributed by atoms with E-state index in [1.165, 1.54) is 0 Å². The summed E-state index contributed by atoms with van der Waals surface area (Å²) in [5.74, 6) is 0.401. The van der Waals surface area contributed by atoms with Gasteiger partial charge in [0.05, 0.1) is 18.8 Å². The van der Waals surface area contributed by atoms with E-state index in [1.54, 1.807) is 4.90 Å². The van der Waals surface area contributed by atoms with E-state index in [-0.39, 0.29) is 31.3 Å². The minimum absolute atomic E-state index is 0.00925. The van der Waals surface area contributed by atoms with Crippen LogP contribution in [0.25, 0.3) is 0 Å². The lowest BCUT2D eigenvalue weighted by atomic mass is 10.0. The fourth-order valence-corrected chi connectivity index (χ4v) is 3.26. The first-order valence-corrected chi connectivity index (χ1v) is 7.63. The van der Waals surface area contributed by atoms with Gasteiger partial charge in [-0.3, -0.25) is 10.1 Å². The second kappa shape index (κ2) is 6.96. The van der Waals surface area contributed by atoms with Gasteiger partial charge in [-0.2, -0.15) is 13.2 Å². The summed E-state index contributed by atoms with van der Waals surface area (Å²) in [5, 5.41) is 3.34. The van der Waals surface area contributed by atoms with Crippen molar-refractivity contribution in [2.75, 3.05) is 19.8 Å². The number of carbonyl (C=O) groups excluding carboxylic acids is 1. The van der Waals surface area contributed by atoms with Gasteiger partial charge in [0.15, 0.2) is 0 Å². The summed E-state index contributed by atoms with van der Waals surface area (Å²) in [6, 6.07) is -0.210. The molecule has 1 amide bonds. The smallest absolute Gasteiger partial charge is 0.370 e. The van der Waals surface area contributed by atoms with E-state index in [4.69, 9.17) is 0 Å². The monoisotopic (exact) mass is 308 g/mol. The molecule has 1 aliphatic carbocycles. The topological polar surface area (TPSA) is 41.6 Å². The average Bonchev–Trinajstić information content (AvgIpc) is 3.02. The van der Waals surface area contributed by atoms with Gasteiger partial charge in [0.1, 0.15) is 6.61 Å². The molecule has 0 bridgehead atoms. The molecule has 1 N–H and O–H groups in total. The zero-order chi connectivity index (χ0) is 15.5. The van der Waals surface area contributed by atoms with Crippen LogP contribution in [0.3, 0.4) is 0 Å². The Hall–Kier alpha value is -0.820. The molecule has 0 aromatic rings. The van der Waals surface area contributed by atoms with Crippen LogP contribution in [-0.4, -0.2) is 48.9 Å². The van der Waals surface area contributed by atoms with E-state index >= 15 is 0 Å². The Balaban J connectivity index is 1.88. The lowest BCUT2D eigenvalue weighted by Gasteiger charge is -2.29. The van der Waals surface area contributed by atoms with Crippen LogP contribution in [0.1, 0.15) is 39.0 Å². The van der Waals surface area contributed by atoms with Crippen LogP contribution in [-0.2, 0) is 9.53 Å². The van der Waals surface area contributed by atoms with E-state index in [1.807, 2.05) is 6.92 Å². The zero-order valence-electron chi connectivity index (χ0n) is 12.3. The Labute approximate surface area is 123 Å². The van der Waals surface area contributed by atoms with Gasteiger partial charge < -0.3 is 9.64 Å². The number of nitrogens with zero attached hydrogens (tertiary/aromatic N) is 1. The molecule has 21 heavy (non-hydrogen) atoms. The van der Waals surface area contributed by atoms with Crippen molar-refractivity contribution in [3.63, 3.8) is 0 Å². The van der Waals surface area contributed by atoms with Crippen LogP contribution in [0, 0.1) is 5.92 Å². The van der Waals surface area contributed by atoms with Crippen LogP contribution in [0.5, 0.6) is 0 Å². The first-order chi connectivity index (χ1) is 9.92. The van der Waals surface area contributed by atoms with Gasteiger partial charge in [-0.15, -0.1) is 0 Å². The van der Waals surface area contributed by atoms with Crippen LogP contribution < -0.4 is 5.32 Å². The van der Waals surface area contributed by atoms with Crippen LogP contribution >= 0.6 is 0 Å². The molecule has 1 saturated carbocycles. The standard InChI is InChI=1S/C14H23F3N2O2/c1-2-11-13(20)19(7-8-21-9-14(15,16)17)12(18-11)10-5-3-4-6-10/h10-12,18H,2-9H2,1H3. The van der Waals surface area contributed by atoms with Crippen molar-refractivity contribution in [3.8, 4) is 0 Å². The maximum atomic E-state index is 12.3. The third-order valence-electron chi connectivity index (χ3n) is 4.29. The Morgan fingerprint density at radius 3 is 2.57 bits per heavy atom. The summed E-state index contributed by atoms with van der Waals surface area (Å²) < 4.78 is 40.8. The van der Waals surface area contributed by atoms with E-state index in [0.717, 1.165) is 25.7 Å². The second-order valence-electron chi connectivity index (χ2n) is 5.82. The number of hydrogen-bond acceptors (Lipinski definition) is 3. The Bertz CT molecular complexity index is 357. The number of ether oxygens (including phenoxy) is 1. The van der Waals surface area contributed by atoms with E-state index in [9.17, 15) is 18.0 Å². The van der Waals surface area contributed by atoms with Gasteiger partial charge in [0.2, 0.25) is 5.91 Å². The molecule has 0 radical (unpaired) electrons. The van der Waals surface area contributed by atoms with Crippen LogP contribution in [0.15, 0.2) is 0 Å². The van der Waals surface area contributed by atoms with E-state index < -0.39 is 12.8 Å². The predicted octanol–water partition coefficient (Wildman–Crippen LogP) is 2.29. The van der Waals surface area contributed by atoms with Crippen molar-refractivity contribution >= 4 is 5.91 Å². The first kappa shape index (κ1) is 16.5. The van der Waals surface area contributed by atoms with Crippen molar-refractivity contribution in [2.45, 2.75) is 57.4 Å². The number of carbonyl (C=O) groups is 1. The third kappa shape index (κ3) is 4.32. The Morgan fingerprint density at radius 1 is 1.33 bits per heavy atom. The third-order valence-corrected chi connectivity index (χ3v) is 4.29. The molecule has 0 spiro atoms. The first-order valence-electron chi connectivity index (χ1n) is 7.63. The molecule has 2 rings (SSSR count). The molecule has 7 heteroatoms. The van der Waals surface area contributed by atoms with E-state index in [0.29, 0.717) is 12.3 Å². The number of alkyl halides is 3. The molecule has 0 aromatic heterocycles. The fourth-order valence-electron chi connectivity index (χ4n) is 3.26. The van der Waals surface area contributed by atoms with Crippen molar-refractivity contribution in [1.82, 2.24) is 10.2 Å². The summed E-state index contributed by atoms with van der Waals surface area (Å²) in [6.45, 7) is 0.824. The molecule has 4 nitrogen and oxygen atoms in total. The molecule has 1 aliphatic heterocycles. The summed E-state index contributed by atoms with van der Waals surface area (Å²) >= 11 is 0. The van der Waals surface area contributed by atoms with Gasteiger partial charge in [-0.05, 0) is 25.2 Å². The largest absolute Gasteiger partial charge is 0.411 e. The Kier molecular flexibility index (Phi) is 5.48. The van der Waals surface area contributed by atoms with Gasteiger partial charge in [0, 0.05) is 6.54 Å². The van der Waals surface area contributed by atoms with Gasteiger partial charge in [0.25, 0.3) is 0 Å². The average molecular weight is 308 g/mol. The molecule has 1 saturated heterocycles. The summed E-state index contributed by atoms with van der Waals surface area (Å²) in [7, 11) is 0. The highest BCUT2D eigenvalue weighted by Gasteiger charge is 2.42. The molecule has 2 fully saturated rings. The van der Waals surface area contributed by atoms with Gasteiger partial charge in [-0.1, -0.05) is 19.8 Å². The number of nitrogens with one attached hydrogen (secondary N) is 1. The minimum Gasteiger partial charge on any atom is -0.370 e. The lowest BCUT2D eigenvalue weighted by molar-refractivity contribution is -0.175. The van der Waals surface area contributed by atoms with Crippen molar-refractivity contribution < 1.29 is 22.7 Å². The summed E-state index contributed by atoms with van der Waals surface area (Å²) in [5.41, 5.74) is 0. The van der Waals surface area contributed by atoms with Crippen molar-refractivity contribution in [2.24, 2.45) is 5.92 Å². The summed E-state index contributed by atoms with van der Waals surface area (Å²) in [4.78, 5) is 14.0. The second-order valence-corrected chi connectivity index (χ2v) is 5.82. The molecular weight excluding hydrogens is 285 g/mol. The number of hydrogen-bond donors (Lipinski definition) is 1. The van der Waals surface area contributed by atoms with Gasteiger partial charge >= 0.3 is 6.18 Å². The molecule has 2 aliphatic rings.